The van der Waals surface area contributed by atoms with E-state index in [-0.39, 0.29) is 12.1 Å². The zero-order chi connectivity index (χ0) is 23.3. The summed E-state index contributed by atoms with van der Waals surface area (Å²) < 4.78 is 12.0. The number of hydrogen-bond donors (Lipinski definition) is 0. The first kappa shape index (κ1) is 20.8. The molecule has 0 amide bonds. The Hall–Kier alpha value is -4.07. The molecule has 5 rings (SSSR count). The molecular weight excluding hydrogens is 418 g/mol. The van der Waals surface area contributed by atoms with Crippen LogP contribution in [0.25, 0.3) is 22.6 Å². The summed E-state index contributed by atoms with van der Waals surface area (Å²) in [6, 6.07) is 15.5. The van der Waals surface area contributed by atoms with Gasteiger partial charge in [-0.3, -0.25) is 22.9 Å². The number of nitrogens with zero attached hydrogens (tertiary/aromatic N) is 5. The van der Waals surface area contributed by atoms with E-state index in [9.17, 15) is 9.59 Å². The standard InChI is InChI=1S/C25H25N5O3/c1-5-33-20-12-10-19(11-13-20)30-17(3)14-28-21-22(26-24(28)30)27(4)25(32)29(23(21)31)15-18-8-6-16(2)7-9-18/h6-14H,5,15H2,1-4H3. The van der Waals surface area contributed by atoms with Crippen LogP contribution < -0.4 is 16.0 Å². The van der Waals surface area contributed by atoms with Crippen LogP contribution >= 0.6 is 0 Å². The second kappa shape index (κ2) is 7.81. The highest BCUT2D eigenvalue weighted by Gasteiger charge is 2.21. The van der Waals surface area contributed by atoms with Crippen molar-refractivity contribution in [3.63, 3.8) is 0 Å². The number of rotatable bonds is 5. The lowest BCUT2D eigenvalue weighted by Gasteiger charge is -2.08. The molecule has 3 aromatic heterocycles. The highest BCUT2D eigenvalue weighted by molar-refractivity contribution is 5.76. The molecule has 2 aromatic carbocycles. The van der Waals surface area contributed by atoms with Gasteiger partial charge in [-0.25, -0.2) is 4.79 Å². The molecule has 0 N–H and O–H groups in total. The van der Waals surface area contributed by atoms with E-state index < -0.39 is 5.69 Å². The van der Waals surface area contributed by atoms with Crippen LogP contribution in [0.3, 0.4) is 0 Å². The minimum Gasteiger partial charge on any atom is -0.494 e. The predicted molar refractivity (Wildman–Crippen MR) is 128 cm³/mol. The van der Waals surface area contributed by atoms with Crippen LogP contribution in [0.1, 0.15) is 23.7 Å². The van der Waals surface area contributed by atoms with Gasteiger partial charge in [0.1, 0.15) is 5.75 Å². The van der Waals surface area contributed by atoms with E-state index in [1.165, 1.54) is 9.13 Å². The quantitative estimate of drug-likeness (QED) is 0.418. The molecule has 0 fully saturated rings. The summed E-state index contributed by atoms with van der Waals surface area (Å²) >= 11 is 0. The predicted octanol–water partition coefficient (Wildman–Crippen LogP) is 3.20. The topological polar surface area (TPSA) is 75.5 Å². The maximum Gasteiger partial charge on any atom is 0.332 e. The third-order valence-corrected chi connectivity index (χ3v) is 5.89. The molecule has 3 heterocycles. The van der Waals surface area contributed by atoms with Crippen molar-refractivity contribution in [2.24, 2.45) is 7.05 Å². The monoisotopic (exact) mass is 443 g/mol. The maximum atomic E-state index is 13.5. The van der Waals surface area contributed by atoms with E-state index in [1.807, 2.05) is 80.1 Å². The Labute approximate surface area is 189 Å². The van der Waals surface area contributed by atoms with Gasteiger partial charge in [0.25, 0.3) is 5.56 Å². The average molecular weight is 444 g/mol. The fourth-order valence-electron chi connectivity index (χ4n) is 4.20. The van der Waals surface area contributed by atoms with E-state index >= 15 is 0 Å². The normalized spacial score (nSPS) is 11.5. The van der Waals surface area contributed by atoms with Crippen LogP contribution in [-0.2, 0) is 13.6 Å². The Kier molecular flexibility index (Phi) is 4.92. The zero-order valence-corrected chi connectivity index (χ0v) is 19.1. The highest BCUT2D eigenvalue weighted by atomic mass is 16.5. The second-order valence-corrected chi connectivity index (χ2v) is 8.21. The lowest BCUT2D eigenvalue weighted by molar-refractivity contribution is 0.340. The Morgan fingerprint density at radius 3 is 2.33 bits per heavy atom. The summed E-state index contributed by atoms with van der Waals surface area (Å²) in [6.07, 6.45) is 1.88. The van der Waals surface area contributed by atoms with E-state index in [4.69, 9.17) is 9.72 Å². The van der Waals surface area contributed by atoms with Gasteiger partial charge in [0.15, 0.2) is 11.2 Å². The summed E-state index contributed by atoms with van der Waals surface area (Å²) in [5.41, 5.74) is 3.82. The number of aromatic nitrogens is 5. The molecule has 8 nitrogen and oxygen atoms in total. The van der Waals surface area contributed by atoms with Crippen LogP contribution in [0.15, 0.2) is 64.3 Å². The molecule has 0 aliphatic carbocycles. The van der Waals surface area contributed by atoms with Crippen LogP contribution in [-0.4, -0.2) is 29.7 Å². The van der Waals surface area contributed by atoms with Crippen molar-refractivity contribution in [1.82, 2.24) is 23.1 Å². The van der Waals surface area contributed by atoms with Crippen LogP contribution in [0.5, 0.6) is 5.75 Å². The van der Waals surface area contributed by atoms with Crippen LogP contribution in [0.2, 0.25) is 0 Å². The molecule has 5 aromatic rings. The average Bonchev–Trinajstić information content (AvgIpc) is 3.32. The van der Waals surface area contributed by atoms with E-state index in [0.717, 1.165) is 28.3 Å². The highest BCUT2D eigenvalue weighted by Crippen LogP contribution is 2.23. The van der Waals surface area contributed by atoms with Crippen molar-refractivity contribution >= 4 is 16.9 Å². The van der Waals surface area contributed by atoms with Crippen LogP contribution in [0.4, 0.5) is 0 Å². The number of fused-ring (bicyclic) bond motifs is 3. The van der Waals surface area contributed by atoms with Gasteiger partial charge in [-0.15, -0.1) is 0 Å². The summed E-state index contributed by atoms with van der Waals surface area (Å²) in [7, 11) is 1.65. The van der Waals surface area contributed by atoms with Gasteiger partial charge >= 0.3 is 5.69 Å². The number of benzene rings is 2. The Balaban J connectivity index is 1.71. The molecule has 0 saturated heterocycles. The molecule has 8 heteroatoms. The summed E-state index contributed by atoms with van der Waals surface area (Å²) in [5.74, 6) is 1.36. The summed E-state index contributed by atoms with van der Waals surface area (Å²) in [6.45, 7) is 6.71. The Morgan fingerprint density at radius 1 is 0.970 bits per heavy atom. The van der Waals surface area contributed by atoms with Gasteiger partial charge in [-0.05, 0) is 50.6 Å². The van der Waals surface area contributed by atoms with Gasteiger partial charge in [-0.1, -0.05) is 29.8 Å². The van der Waals surface area contributed by atoms with Crippen molar-refractivity contribution < 1.29 is 4.74 Å². The smallest absolute Gasteiger partial charge is 0.332 e. The second-order valence-electron chi connectivity index (χ2n) is 8.21. The van der Waals surface area contributed by atoms with E-state index in [0.29, 0.717) is 23.5 Å². The van der Waals surface area contributed by atoms with Crippen LogP contribution in [0, 0.1) is 13.8 Å². The first-order chi connectivity index (χ1) is 15.9. The fraction of sp³-hybridized carbons (Fsp3) is 0.240. The Bertz CT molecular complexity index is 1600. The molecule has 0 atom stereocenters. The van der Waals surface area contributed by atoms with Gasteiger partial charge in [-0.2, -0.15) is 4.98 Å². The molecule has 0 aliphatic heterocycles. The van der Waals surface area contributed by atoms with E-state index in [2.05, 4.69) is 0 Å². The van der Waals surface area contributed by atoms with Gasteiger partial charge in [0.05, 0.1) is 13.2 Å². The third kappa shape index (κ3) is 3.34. The number of ether oxygens (including phenoxy) is 1. The molecule has 168 valence electrons. The number of imidazole rings is 2. The number of hydrogen-bond acceptors (Lipinski definition) is 4. The first-order valence-corrected chi connectivity index (χ1v) is 10.9. The van der Waals surface area contributed by atoms with Crippen molar-refractivity contribution in [2.75, 3.05) is 6.61 Å². The van der Waals surface area contributed by atoms with Crippen molar-refractivity contribution in [2.45, 2.75) is 27.3 Å². The minimum absolute atomic E-state index is 0.202. The minimum atomic E-state index is -0.391. The molecule has 0 radical (unpaired) electrons. The molecule has 0 saturated carbocycles. The largest absolute Gasteiger partial charge is 0.494 e. The van der Waals surface area contributed by atoms with Gasteiger partial charge < -0.3 is 4.74 Å². The summed E-state index contributed by atoms with van der Waals surface area (Å²) in [4.78, 5) is 31.2. The fourth-order valence-corrected chi connectivity index (χ4v) is 4.20. The molecule has 33 heavy (non-hydrogen) atoms. The summed E-state index contributed by atoms with van der Waals surface area (Å²) in [5, 5.41) is 0. The maximum absolute atomic E-state index is 13.5. The van der Waals surface area contributed by atoms with Crippen molar-refractivity contribution in [1.29, 1.82) is 0 Å². The van der Waals surface area contributed by atoms with Gasteiger partial charge in [0.2, 0.25) is 5.78 Å². The van der Waals surface area contributed by atoms with Crippen molar-refractivity contribution in [3.05, 3.63) is 92.4 Å². The third-order valence-electron chi connectivity index (χ3n) is 5.89. The zero-order valence-electron chi connectivity index (χ0n) is 19.1. The van der Waals surface area contributed by atoms with E-state index in [1.54, 1.807) is 11.4 Å². The molecule has 0 spiro atoms. The lowest BCUT2D eigenvalue weighted by Crippen LogP contribution is -2.39. The van der Waals surface area contributed by atoms with Gasteiger partial charge in [0, 0.05) is 24.6 Å². The first-order valence-electron chi connectivity index (χ1n) is 10.9. The molecule has 0 bridgehead atoms. The molecule has 0 aliphatic rings. The number of aryl methyl sites for hydroxylation is 3. The molecular formula is C25H25N5O3. The van der Waals surface area contributed by atoms with Crippen molar-refractivity contribution in [3.8, 4) is 11.4 Å². The lowest BCUT2D eigenvalue weighted by atomic mass is 10.1. The SMILES string of the molecule is CCOc1ccc(-n2c(C)cn3c4c(=O)n(Cc5ccc(C)cc5)c(=O)n(C)c4nc23)cc1. The Morgan fingerprint density at radius 2 is 1.67 bits per heavy atom. The molecule has 0 unspecified atom stereocenters.